The molecule has 0 aromatic carbocycles. The number of hydrogen-bond donors (Lipinski definition) is 0. The van der Waals surface area contributed by atoms with Crippen LogP contribution in [0.5, 0.6) is 0 Å². The van der Waals surface area contributed by atoms with Crippen LogP contribution in [0, 0.1) is 0 Å². The van der Waals surface area contributed by atoms with E-state index in [0.717, 1.165) is 0 Å². The van der Waals surface area contributed by atoms with Crippen LogP contribution in [0.2, 0.25) is 0 Å². The molecule has 6 heteroatoms. The van der Waals surface area contributed by atoms with Gasteiger partial charge in [0, 0.05) is 0 Å². The molecule has 0 amide bonds. The Kier molecular flexibility index (Phi) is 284000. The van der Waals surface area contributed by atoms with Gasteiger partial charge in [0.1, 0.15) is 0 Å². The van der Waals surface area contributed by atoms with Crippen molar-refractivity contribution in [2.75, 3.05) is 0 Å². The van der Waals surface area contributed by atoms with Crippen molar-refractivity contribution in [2.24, 2.45) is 0 Å². The van der Waals surface area contributed by atoms with Crippen LogP contribution in [-0.4, -0.2) is 21.9 Å². The zero-order valence-electron chi connectivity index (χ0n) is 2.73. The van der Waals surface area contributed by atoms with Crippen molar-refractivity contribution in [3.8, 4) is 0 Å². The van der Waals surface area contributed by atoms with E-state index in [1.165, 1.54) is 0 Å². The Labute approximate surface area is 45.4 Å². The predicted molar refractivity (Wildman–Crippen MR) is 13.5 cm³/mol. The summed E-state index contributed by atoms with van der Waals surface area (Å²) < 4.78 is 0. The van der Waals surface area contributed by atoms with Crippen molar-refractivity contribution < 1.29 is 44.4 Å². The van der Waals surface area contributed by atoms with Crippen LogP contribution in [0.25, 0.3) is 0 Å². The number of hydrogen-bond acceptors (Lipinski definition) is 1. The molecule has 0 aromatic heterocycles. The monoisotopic (exact) mass is 142 g/mol. The molecule has 5 nitrogen and oxygen atoms in total. The fourth-order valence-electron chi connectivity index (χ4n) is 0. The SMILES string of the molecule is O.O.O.[Mn+3].[O-2].[OH-]. The summed E-state index contributed by atoms with van der Waals surface area (Å²) in [5.74, 6) is 0. The van der Waals surface area contributed by atoms with Gasteiger partial charge in [0.05, 0.1) is 0 Å². The summed E-state index contributed by atoms with van der Waals surface area (Å²) in [6, 6.07) is 0. The van der Waals surface area contributed by atoms with E-state index in [9.17, 15) is 0 Å². The first-order valence-electron chi connectivity index (χ1n) is 0. The fourth-order valence-corrected chi connectivity index (χ4v) is 0. The molecule has 0 unspecified atom stereocenters. The van der Waals surface area contributed by atoms with E-state index in [-0.39, 0.29) is 44.4 Å². The Morgan fingerprint density at radius 3 is 0.667 bits per heavy atom. The largest absolute Gasteiger partial charge is 3.00 e. The molecule has 0 aliphatic heterocycles. The van der Waals surface area contributed by atoms with Crippen LogP contribution in [0.3, 0.4) is 0 Å². The summed E-state index contributed by atoms with van der Waals surface area (Å²) in [6.07, 6.45) is 0. The summed E-state index contributed by atoms with van der Waals surface area (Å²) in [6.45, 7) is 0. The van der Waals surface area contributed by atoms with Crippen molar-refractivity contribution in [1.29, 1.82) is 0 Å². The maximum absolute atomic E-state index is 0. The average molecular weight is 142 g/mol. The van der Waals surface area contributed by atoms with Crippen LogP contribution >= 0.6 is 0 Å². The molecule has 0 aliphatic carbocycles. The number of rotatable bonds is 0. The minimum atomic E-state index is 0. The minimum absolute atomic E-state index is 0. The molecule has 0 fully saturated rings. The third kappa shape index (κ3) is 466. The smallest absolute Gasteiger partial charge is 2.00 e. The first kappa shape index (κ1) is 1750. The molecule has 0 atom stereocenters. The summed E-state index contributed by atoms with van der Waals surface area (Å²) in [5.41, 5.74) is 0. The second-order valence-electron chi connectivity index (χ2n) is 0. The molecular weight excluding hydrogens is 135 g/mol. The third-order valence-electron chi connectivity index (χ3n) is 0. The van der Waals surface area contributed by atoms with Crippen molar-refractivity contribution in [2.45, 2.75) is 0 Å². The molecule has 0 saturated heterocycles. The topological polar surface area (TPSA) is 153 Å². The molecule has 0 radical (unpaired) electrons. The van der Waals surface area contributed by atoms with Gasteiger partial charge in [-0.2, -0.15) is 0 Å². The zero-order valence-corrected chi connectivity index (χ0v) is 3.91. The first-order chi connectivity index (χ1) is 0. The second-order valence-corrected chi connectivity index (χ2v) is 0. The van der Waals surface area contributed by atoms with Gasteiger partial charge in [-0.05, 0) is 0 Å². The Balaban J connectivity index is 0. The summed E-state index contributed by atoms with van der Waals surface area (Å²) in [5, 5.41) is 0. The van der Waals surface area contributed by atoms with Gasteiger partial charge in [0.15, 0.2) is 0 Å². The van der Waals surface area contributed by atoms with E-state index in [2.05, 4.69) is 0 Å². The van der Waals surface area contributed by atoms with E-state index in [1.807, 2.05) is 0 Å². The maximum atomic E-state index is 0. The molecular formula is H7MnO5. The Hall–Kier alpha value is 0.319. The van der Waals surface area contributed by atoms with Gasteiger partial charge in [-0.25, -0.2) is 0 Å². The van der Waals surface area contributed by atoms with Gasteiger partial charge < -0.3 is 27.4 Å². The predicted octanol–water partition coefficient (Wildman–Crippen LogP) is -2.77. The van der Waals surface area contributed by atoms with E-state index >= 15 is 0 Å². The zero-order chi connectivity index (χ0) is 0. The standard InChI is InChI=1S/Mn.4H2O.O/h;4*1H2;/q+3;;;;;-2/p-1. The Morgan fingerprint density at radius 1 is 0.667 bits per heavy atom. The minimum Gasteiger partial charge on any atom is -2.00 e. The van der Waals surface area contributed by atoms with Crippen molar-refractivity contribution in [1.82, 2.24) is 0 Å². The van der Waals surface area contributed by atoms with E-state index in [1.54, 1.807) is 0 Å². The summed E-state index contributed by atoms with van der Waals surface area (Å²) >= 11 is 0. The van der Waals surface area contributed by atoms with Crippen molar-refractivity contribution >= 4 is 0 Å². The molecule has 0 aromatic rings. The van der Waals surface area contributed by atoms with Crippen LogP contribution in [0.1, 0.15) is 0 Å². The maximum Gasteiger partial charge on any atom is 3.00 e. The first-order valence-corrected chi connectivity index (χ1v) is 0. The molecule has 6 heavy (non-hydrogen) atoms. The Bertz CT molecular complexity index is 3.90. The van der Waals surface area contributed by atoms with Crippen molar-refractivity contribution in [3.63, 3.8) is 0 Å². The van der Waals surface area contributed by atoms with Crippen molar-refractivity contribution in [3.05, 3.63) is 0 Å². The van der Waals surface area contributed by atoms with Crippen LogP contribution in [-0.2, 0) is 22.5 Å². The molecule has 0 saturated carbocycles. The van der Waals surface area contributed by atoms with E-state index in [0.29, 0.717) is 0 Å². The van der Waals surface area contributed by atoms with Crippen LogP contribution in [0.4, 0.5) is 0 Å². The van der Waals surface area contributed by atoms with Gasteiger partial charge >= 0.3 is 17.1 Å². The van der Waals surface area contributed by atoms with Gasteiger partial charge in [-0.3, -0.25) is 0 Å². The van der Waals surface area contributed by atoms with Gasteiger partial charge in [0.25, 0.3) is 0 Å². The van der Waals surface area contributed by atoms with Gasteiger partial charge in [-0.15, -0.1) is 0 Å². The van der Waals surface area contributed by atoms with Crippen LogP contribution in [0.15, 0.2) is 0 Å². The normalized spacial score (nSPS) is 0. The molecule has 44 valence electrons. The molecule has 0 bridgehead atoms. The summed E-state index contributed by atoms with van der Waals surface area (Å²) in [4.78, 5) is 0. The molecule has 0 rings (SSSR count). The average Bonchev–Trinajstić information content (AvgIpc) is 0. The Morgan fingerprint density at radius 2 is 0.667 bits per heavy atom. The van der Waals surface area contributed by atoms with Crippen LogP contribution < -0.4 is 0 Å². The van der Waals surface area contributed by atoms with Gasteiger partial charge in [-0.1, -0.05) is 0 Å². The second kappa shape index (κ2) is 972. The molecule has 7 N–H and O–H groups in total. The summed E-state index contributed by atoms with van der Waals surface area (Å²) in [7, 11) is 0. The fraction of sp³-hybridized carbons (Fsp3) is 0. The quantitative estimate of drug-likeness (QED) is 0.330. The third-order valence-corrected chi connectivity index (χ3v) is 0. The van der Waals surface area contributed by atoms with Gasteiger partial charge in [0.2, 0.25) is 0 Å². The molecule has 0 aliphatic rings. The van der Waals surface area contributed by atoms with E-state index < -0.39 is 0 Å². The molecule has 0 spiro atoms. The molecule has 0 heterocycles. The van der Waals surface area contributed by atoms with E-state index in [4.69, 9.17) is 0 Å².